The molecule has 0 saturated carbocycles. The van der Waals surface area contributed by atoms with Crippen molar-refractivity contribution in [3.63, 3.8) is 0 Å². The SMILES string of the molecule is COc1ccc(F)cc1C(=O)NCc1ccc(-n2nc(C(C)C(F)(F)F)c3c(=O)[nH]nc(N)c32)cc1. The van der Waals surface area contributed by atoms with Gasteiger partial charge in [0.15, 0.2) is 5.82 Å². The van der Waals surface area contributed by atoms with Crippen LogP contribution in [0.3, 0.4) is 0 Å². The highest BCUT2D eigenvalue weighted by atomic mass is 19.4. The molecule has 2 heterocycles. The van der Waals surface area contributed by atoms with Gasteiger partial charge < -0.3 is 15.8 Å². The maximum atomic E-state index is 13.6. The average molecular weight is 504 g/mol. The van der Waals surface area contributed by atoms with Gasteiger partial charge in [0, 0.05) is 6.54 Å². The number of ether oxygens (including phenoxy) is 1. The number of methoxy groups -OCH3 is 1. The Bertz CT molecular complexity index is 1490. The minimum absolute atomic E-state index is 0.0247. The molecule has 0 saturated heterocycles. The molecule has 13 heteroatoms. The molecule has 0 spiro atoms. The predicted molar refractivity (Wildman–Crippen MR) is 122 cm³/mol. The standard InChI is InChI=1S/C23H20F4N6O3/c1-11(23(25,26)27)18-17-19(20(28)30-31-22(17)35)33(32-18)14-6-3-12(4-7-14)10-29-21(34)15-9-13(24)5-8-16(15)36-2/h3-9,11H,10H2,1-2H3,(H2,28,30)(H,29,34)(H,31,35). The molecule has 0 bridgehead atoms. The summed E-state index contributed by atoms with van der Waals surface area (Å²) in [4.78, 5) is 24.8. The Kier molecular flexibility index (Phi) is 6.39. The number of nitrogen functional groups attached to an aromatic ring is 1. The van der Waals surface area contributed by atoms with Gasteiger partial charge in [0.05, 0.1) is 35.4 Å². The fourth-order valence-corrected chi connectivity index (χ4v) is 3.65. The first kappa shape index (κ1) is 24.7. The summed E-state index contributed by atoms with van der Waals surface area (Å²) in [6.45, 7) is 0.972. The first-order valence-corrected chi connectivity index (χ1v) is 10.6. The van der Waals surface area contributed by atoms with Gasteiger partial charge in [-0.1, -0.05) is 12.1 Å². The first-order valence-electron chi connectivity index (χ1n) is 10.6. The molecule has 1 atom stereocenters. The lowest BCUT2D eigenvalue weighted by Crippen LogP contribution is -2.23. The van der Waals surface area contributed by atoms with Gasteiger partial charge in [0.2, 0.25) is 0 Å². The second-order valence-electron chi connectivity index (χ2n) is 7.92. The molecule has 0 aliphatic heterocycles. The number of aromatic amines is 1. The number of fused-ring (bicyclic) bond motifs is 1. The molecule has 4 rings (SSSR count). The topological polar surface area (TPSA) is 128 Å². The quantitative estimate of drug-likeness (QED) is 0.345. The number of benzene rings is 2. The molecule has 2 aromatic carbocycles. The fourth-order valence-electron chi connectivity index (χ4n) is 3.65. The zero-order valence-corrected chi connectivity index (χ0v) is 19.0. The van der Waals surface area contributed by atoms with E-state index in [1.807, 2.05) is 0 Å². The fraction of sp³-hybridized carbons (Fsp3) is 0.217. The van der Waals surface area contributed by atoms with Gasteiger partial charge in [-0.3, -0.25) is 9.59 Å². The lowest BCUT2D eigenvalue weighted by Gasteiger charge is -2.13. The summed E-state index contributed by atoms with van der Waals surface area (Å²) in [5.74, 6) is -3.17. The van der Waals surface area contributed by atoms with Gasteiger partial charge in [-0.2, -0.15) is 23.4 Å². The summed E-state index contributed by atoms with van der Waals surface area (Å²) in [6, 6.07) is 9.86. The molecule has 0 fully saturated rings. The number of nitrogens with one attached hydrogen (secondary N) is 2. The number of nitrogens with zero attached hydrogens (tertiary/aromatic N) is 3. The Hall–Kier alpha value is -4.42. The van der Waals surface area contributed by atoms with Gasteiger partial charge >= 0.3 is 6.18 Å². The number of amides is 1. The highest BCUT2D eigenvalue weighted by molar-refractivity contribution is 5.97. The largest absolute Gasteiger partial charge is 0.496 e. The van der Waals surface area contributed by atoms with Crippen LogP contribution in [0.2, 0.25) is 0 Å². The predicted octanol–water partition coefficient (Wildman–Crippen LogP) is 3.43. The monoisotopic (exact) mass is 504 g/mol. The maximum Gasteiger partial charge on any atom is 0.397 e. The minimum Gasteiger partial charge on any atom is -0.496 e. The summed E-state index contributed by atoms with van der Waals surface area (Å²) in [6.07, 6.45) is -4.64. The van der Waals surface area contributed by atoms with Gasteiger partial charge in [0.25, 0.3) is 11.5 Å². The normalized spacial score (nSPS) is 12.5. The molecule has 9 nitrogen and oxygen atoms in total. The molecular weight excluding hydrogens is 484 g/mol. The summed E-state index contributed by atoms with van der Waals surface area (Å²) in [7, 11) is 1.36. The molecule has 0 aliphatic carbocycles. The Morgan fingerprint density at radius 3 is 2.56 bits per heavy atom. The van der Waals surface area contributed by atoms with E-state index in [0.29, 0.717) is 11.3 Å². The zero-order valence-electron chi connectivity index (χ0n) is 19.0. The van der Waals surface area contributed by atoms with Crippen LogP contribution in [-0.2, 0) is 6.54 Å². The highest BCUT2D eigenvalue weighted by Crippen LogP contribution is 2.37. The Morgan fingerprint density at radius 1 is 1.22 bits per heavy atom. The Labute approximate surface area is 200 Å². The van der Waals surface area contributed by atoms with Crippen molar-refractivity contribution >= 4 is 22.6 Å². The number of carbonyl (C=O) groups is 1. The van der Waals surface area contributed by atoms with Gasteiger partial charge in [-0.15, -0.1) is 0 Å². The third kappa shape index (κ3) is 4.59. The van der Waals surface area contributed by atoms with Crippen molar-refractivity contribution < 1.29 is 27.1 Å². The van der Waals surface area contributed by atoms with Crippen LogP contribution in [0, 0.1) is 5.82 Å². The van der Waals surface area contributed by atoms with E-state index in [9.17, 15) is 27.2 Å². The number of hydrogen-bond donors (Lipinski definition) is 3. The molecule has 188 valence electrons. The van der Waals surface area contributed by atoms with Crippen molar-refractivity contribution in [3.05, 3.63) is 75.5 Å². The van der Waals surface area contributed by atoms with E-state index >= 15 is 0 Å². The van der Waals surface area contributed by atoms with E-state index in [4.69, 9.17) is 10.5 Å². The van der Waals surface area contributed by atoms with Crippen molar-refractivity contribution in [2.45, 2.75) is 25.6 Å². The number of nitrogens with two attached hydrogens (primary N) is 1. The minimum atomic E-state index is -4.64. The summed E-state index contributed by atoms with van der Waals surface area (Å²) < 4.78 is 60.1. The van der Waals surface area contributed by atoms with E-state index in [1.54, 1.807) is 24.3 Å². The summed E-state index contributed by atoms with van der Waals surface area (Å²) >= 11 is 0. The van der Waals surface area contributed by atoms with Crippen molar-refractivity contribution in [1.82, 2.24) is 25.3 Å². The molecule has 2 aromatic heterocycles. The number of anilines is 1. The average Bonchev–Trinajstić information content (AvgIpc) is 3.26. The molecule has 4 N–H and O–H groups in total. The van der Waals surface area contributed by atoms with E-state index in [-0.39, 0.29) is 34.6 Å². The van der Waals surface area contributed by atoms with Crippen LogP contribution >= 0.6 is 0 Å². The Balaban J connectivity index is 1.63. The second-order valence-corrected chi connectivity index (χ2v) is 7.92. The Morgan fingerprint density at radius 2 is 1.92 bits per heavy atom. The molecule has 0 radical (unpaired) electrons. The number of H-pyrrole nitrogens is 1. The van der Waals surface area contributed by atoms with Crippen LogP contribution in [0.5, 0.6) is 5.75 Å². The van der Waals surface area contributed by atoms with Gasteiger partial charge in [-0.05, 0) is 42.8 Å². The number of hydrogen-bond acceptors (Lipinski definition) is 6. The smallest absolute Gasteiger partial charge is 0.397 e. The molecule has 0 aliphatic rings. The number of alkyl halides is 3. The maximum absolute atomic E-state index is 13.6. The van der Waals surface area contributed by atoms with E-state index in [0.717, 1.165) is 17.7 Å². The van der Waals surface area contributed by atoms with Crippen molar-refractivity contribution in [3.8, 4) is 11.4 Å². The number of aromatic nitrogens is 4. The van der Waals surface area contributed by atoms with Crippen LogP contribution in [0.4, 0.5) is 23.4 Å². The summed E-state index contributed by atoms with van der Waals surface area (Å²) in [5, 5.41) is 12.2. The van der Waals surface area contributed by atoms with Gasteiger partial charge in [-0.25, -0.2) is 14.2 Å². The molecular formula is C23H20F4N6O3. The van der Waals surface area contributed by atoms with E-state index in [1.165, 1.54) is 19.2 Å². The molecule has 1 amide bonds. The van der Waals surface area contributed by atoms with Crippen LogP contribution in [0.15, 0.2) is 47.3 Å². The summed E-state index contributed by atoms with van der Waals surface area (Å²) in [5.41, 5.74) is 5.48. The van der Waals surface area contributed by atoms with Crippen LogP contribution in [0.1, 0.15) is 34.5 Å². The molecule has 4 aromatic rings. The number of carbonyl (C=O) groups excluding carboxylic acids is 1. The van der Waals surface area contributed by atoms with Crippen LogP contribution in [-0.4, -0.2) is 39.2 Å². The third-order valence-corrected chi connectivity index (χ3v) is 5.60. The van der Waals surface area contributed by atoms with Crippen molar-refractivity contribution in [1.29, 1.82) is 0 Å². The lowest BCUT2D eigenvalue weighted by molar-refractivity contribution is -0.146. The van der Waals surface area contributed by atoms with Crippen molar-refractivity contribution in [2.24, 2.45) is 0 Å². The molecule has 36 heavy (non-hydrogen) atoms. The molecule has 1 unspecified atom stereocenters. The van der Waals surface area contributed by atoms with E-state index < -0.39 is 35.1 Å². The zero-order chi connectivity index (χ0) is 26.2. The first-order chi connectivity index (χ1) is 17.0. The third-order valence-electron chi connectivity index (χ3n) is 5.60. The second kappa shape index (κ2) is 9.32. The van der Waals surface area contributed by atoms with Gasteiger partial charge in [0.1, 0.15) is 17.1 Å². The van der Waals surface area contributed by atoms with Crippen molar-refractivity contribution in [2.75, 3.05) is 12.8 Å². The van der Waals surface area contributed by atoms with Crippen LogP contribution < -0.4 is 21.3 Å². The van der Waals surface area contributed by atoms with Crippen LogP contribution in [0.25, 0.3) is 16.6 Å². The highest BCUT2D eigenvalue weighted by Gasteiger charge is 2.41. The number of halogens is 4. The van der Waals surface area contributed by atoms with E-state index in [2.05, 4.69) is 20.6 Å². The lowest BCUT2D eigenvalue weighted by atomic mass is 10.0. The number of rotatable bonds is 6.